The lowest BCUT2D eigenvalue weighted by atomic mass is 9.76. The van der Waals surface area contributed by atoms with Gasteiger partial charge in [0, 0.05) is 17.1 Å². The zero-order chi connectivity index (χ0) is 10.8. The standard InChI is InChI=1S/C11H20OS2/c1-8-5-6-9(10(12)7-8)11(2,3)14-13-4/h8-9H,5-7H2,1-4H3. The second kappa shape index (κ2) is 4.93. The molecule has 0 aromatic heterocycles. The molecule has 2 atom stereocenters. The highest BCUT2D eigenvalue weighted by Crippen LogP contribution is 2.44. The molecular formula is C11H20OS2. The van der Waals surface area contributed by atoms with Gasteiger partial charge in [-0.3, -0.25) is 4.79 Å². The fourth-order valence-corrected chi connectivity index (χ4v) is 4.64. The number of Topliss-reactive ketones (excluding diaryl/α,β-unsaturated/α-hetero) is 1. The van der Waals surface area contributed by atoms with E-state index in [9.17, 15) is 4.79 Å². The minimum absolute atomic E-state index is 0.108. The van der Waals surface area contributed by atoms with Crippen LogP contribution in [0.15, 0.2) is 0 Å². The van der Waals surface area contributed by atoms with Gasteiger partial charge in [0.05, 0.1) is 0 Å². The molecule has 1 aliphatic carbocycles. The first-order valence-electron chi connectivity index (χ1n) is 5.22. The van der Waals surface area contributed by atoms with Crippen LogP contribution < -0.4 is 0 Å². The second-order valence-electron chi connectivity index (χ2n) is 4.76. The monoisotopic (exact) mass is 232 g/mol. The summed E-state index contributed by atoms with van der Waals surface area (Å²) in [6.45, 7) is 6.59. The number of carbonyl (C=O) groups is 1. The molecule has 1 rings (SSSR count). The van der Waals surface area contributed by atoms with Crippen LogP contribution >= 0.6 is 21.6 Å². The smallest absolute Gasteiger partial charge is 0.137 e. The van der Waals surface area contributed by atoms with Crippen LogP contribution in [0.5, 0.6) is 0 Å². The van der Waals surface area contributed by atoms with Crippen molar-refractivity contribution < 1.29 is 4.79 Å². The van der Waals surface area contributed by atoms with Crippen LogP contribution in [0.1, 0.15) is 40.0 Å². The van der Waals surface area contributed by atoms with Crippen LogP contribution in [0.25, 0.3) is 0 Å². The predicted octanol–water partition coefficient (Wildman–Crippen LogP) is 3.78. The van der Waals surface area contributed by atoms with Crippen molar-refractivity contribution in [2.45, 2.75) is 44.8 Å². The fraction of sp³-hybridized carbons (Fsp3) is 0.909. The minimum atomic E-state index is 0.108. The summed E-state index contributed by atoms with van der Waals surface area (Å²) in [4.78, 5) is 11.9. The van der Waals surface area contributed by atoms with Crippen LogP contribution in [0.2, 0.25) is 0 Å². The van der Waals surface area contributed by atoms with E-state index in [2.05, 4.69) is 27.0 Å². The lowest BCUT2D eigenvalue weighted by Crippen LogP contribution is -2.37. The zero-order valence-corrected chi connectivity index (χ0v) is 11.1. The van der Waals surface area contributed by atoms with E-state index in [4.69, 9.17) is 0 Å². The Morgan fingerprint density at radius 1 is 1.36 bits per heavy atom. The molecule has 0 spiro atoms. The third kappa shape index (κ3) is 2.93. The summed E-state index contributed by atoms with van der Waals surface area (Å²) in [5.41, 5.74) is 0. The molecule has 3 heteroatoms. The van der Waals surface area contributed by atoms with Crippen molar-refractivity contribution in [3.8, 4) is 0 Å². The molecule has 0 N–H and O–H groups in total. The molecule has 0 aromatic carbocycles. The third-order valence-electron chi connectivity index (χ3n) is 3.02. The van der Waals surface area contributed by atoms with Gasteiger partial charge in [-0.1, -0.05) is 28.5 Å². The van der Waals surface area contributed by atoms with E-state index in [0.717, 1.165) is 12.8 Å². The molecule has 2 unspecified atom stereocenters. The summed E-state index contributed by atoms with van der Waals surface area (Å²) >= 11 is 0. The topological polar surface area (TPSA) is 17.1 Å². The predicted molar refractivity (Wildman–Crippen MR) is 66.7 cm³/mol. The first-order valence-corrected chi connectivity index (χ1v) is 7.77. The van der Waals surface area contributed by atoms with E-state index >= 15 is 0 Å². The highest BCUT2D eigenvalue weighted by molar-refractivity contribution is 8.76. The first kappa shape index (κ1) is 12.4. The first-order chi connectivity index (χ1) is 6.47. The summed E-state index contributed by atoms with van der Waals surface area (Å²) in [6.07, 6.45) is 5.18. The summed E-state index contributed by atoms with van der Waals surface area (Å²) < 4.78 is 0.108. The van der Waals surface area contributed by atoms with Gasteiger partial charge in [0.2, 0.25) is 0 Å². The Labute approximate surface area is 95.2 Å². The second-order valence-corrected chi connectivity index (χ2v) is 7.81. The van der Waals surface area contributed by atoms with Crippen LogP contribution in [-0.2, 0) is 4.79 Å². The van der Waals surface area contributed by atoms with Crippen molar-refractivity contribution in [2.75, 3.05) is 6.26 Å². The Morgan fingerprint density at radius 3 is 2.50 bits per heavy atom. The molecule has 0 amide bonds. The molecule has 1 nitrogen and oxygen atoms in total. The van der Waals surface area contributed by atoms with E-state index in [1.54, 1.807) is 10.8 Å². The molecule has 1 fully saturated rings. The van der Waals surface area contributed by atoms with Gasteiger partial charge in [-0.25, -0.2) is 0 Å². The Hall–Kier alpha value is 0.370. The average molecular weight is 232 g/mol. The van der Waals surface area contributed by atoms with Crippen LogP contribution in [0, 0.1) is 11.8 Å². The lowest BCUT2D eigenvalue weighted by molar-refractivity contribution is -0.126. The summed E-state index contributed by atoms with van der Waals surface area (Å²) in [7, 11) is 3.61. The fourth-order valence-electron chi connectivity index (χ4n) is 2.21. The Kier molecular flexibility index (Phi) is 4.38. The quantitative estimate of drug-likeness (QED) is 0.689. The van der Waals surface area contributed by atoms with Crippen LogP contribution in [0.3, 0.4) is 0 Å². The van der Waals surface area contributed by atoms with Gasteiger partial charge >= 0.3 is 0 Å². The SMILES string of the molecule is CSSC(C)(C)C1CCC(C)CC1=O. The summed E-state index contributed by atoms with van der Waals surface area (Å²) in [6, 6.07) is 0. The maximum absolute atomic E-state index is 11.9. The van der Waals surface area contributed by atoms with Gasteiger partial charge in [0.15, 0.2) is 0 Å². The summed E-state index contributed by atoms with van der Waals surface area (Å²) in [5, 5.41) is 0. The minimum Gasteiger partial charge on any atom is -0.299 e. The number of rotatable bonds is 3. The molecule has 0 bridgehead atoms. The molecule has 0 heterocycles. The Balaban J connectivity index is 2.63. The molecule has 14 heavy (non-hydrogen) atoms. The number of hydrogen-bond donors (Lipinski definition) is 0. The number of carbonyl (C=O) groups excluding carboxylic acids is 1. The van der Waals surface area contributed by atoms with Crippen molar-refractivity contribution in [2.24, 2.45) is 11.8 Å². The number of hydrogen-bond acceptors (Lipinski definition) is 3. The zero-order valence-electron chi connectivity index (χ0n) is 9.50. The van der Waals surface area contributed by atoms with E-state index in [1.807, 2.05) is 10.8 Å². The molecule has 0 saturated heterocycles. The Morgan fingerprint density at radius 2 is 2.00 bits per heavy atom. The maximum atomic E-state index is 11.9. The van der Waals surface area contributed by atoms with Crippen molar-refractivity contribution in [1.29, 1.82) is 0 Å². The number of ketones is 1. The highest BCUT2D eigenvalue weighted by atomic mass is 33.1. The maximum Gasteiger partial charge on any atom is 0.137 e. The van der Waals surface area contributed by atoms with Crippen LogP contribution in [0.4, 0.5) is 0 Å². The third-order valence-corrected chi connectivity index (χ3v) is 5.69. The van der Waals surface area contributed by atoms with E-state index < -0.39 is 0 Å². The molecule has 1 saturated carbocycles. The van der Waals surface area contributed by atoms with E-state index in [0.29, 0.717) is 11.7 Å². The van der Waals surface area contributed by atoms with E-state index in [-0.39, 0.29) is 10.7 Å². The molecule has 82 valence electrons. The normalized spacial score (nSPS) is 29.3. The Bertz CT molecular complexity index is 213. The lowest BCUT2D eigenvalue weighted by Gasteiger charge is -2.36. The molecule has 0 radical (unpaired) electrons. The highest BCUT2D eigenvalue weighted by Gasteiger charge is 2.38. The van der Waals surface area contributed by atoms with Gasteiger partial charge in [0.25, 0.3) is 0 Å². The van der Waals surface area contributed by atoms with Gasteiger partial charge < -0.3 is 0 Å². The van der Waals surface area contributed by atoms with Crippen molar-refractivity contribution >= 4 is 27.4 Å². The summed E-state index contributed by atoms with van der Waals surface area (Å²) in [5.74, 6) is 1.36. The van der Waals surface area contributed by atoms with Gasteiger partial charge in [-0.2, -0.15) is 0 Å². The van der Waals surface area contributed by atoms with Gasteiger partial charge in [-0.15, -0.1) is 0 Å². The van der Waals surface area contributed by atoms with Gasteiger partial charge in [0.1, 0.15) is 5.78 Å². The molecular weight excluding hydrogens is 212 g/mol. The molecule has 1 aliphatic rings. The largest absolute Gasteiger partial charge is 0.299 e. The van der Waals surface area contributed by atoms with E-state index in [1.165, 1.54) is 6.42 Å². The van der Waals surface area contributed by atoms with Crippen LogP contribution in [-0.4, -0.2) is 16.8 Å². The van der Waals surface area contributed by atoms with Crippen molar-refractivity contribution in [3.05, 3.63) is 0 Å². The van der Waals surface area contributed by atoms with Crippen molar-refractivity contribution in [3.63, 3.8) is 0 Å². The van der Waals surface area contributed by atoms with Gasteiger partial charge in [-0.05, 0) is 38.9 Å². The van der Waals surface area contributed by atoms with Crippen molar-refractivity contribution in [1.82, 2.24) is 0 Å². The average Bonchev–Trinajstić information content (AvgIpc) is 2.02. The molecule has 0 aromatic rings. The molecule has 0 aliphatic heterocycles.